The maximum absolute atomic E-state index is 6.00. The molecule has 2 atom stereocenters. The van der Waals surface area contributed by atoms with E-state index in [1.165, 1.54) is 71.6 Å². The number of benzene rings is 3. The maximum Gasteiger partial charge on any atom is 0.119 e. The smallest absolute Gasteiger partial charge is 0.119 e. The monoisotopic (exact) mass is 449 g/mol. The molecule has 34 heavy (non-hydrogen) atoms. The van der Waals surface area contributed by atoms with Crippen LogP contribution in [0.4, 0.5) is 0 Å². The lowest BCUT2D eigenvalue weighted by Crippen LogP contribution is -2.26. The number of hydrogen-bond acceptors (Lipinski definition) is 2. The number of rotatable bonds is 9. The van der Waals surface area contributed by atoms with Gasteiger partial charge in [0, 0.05) is 17.2 Å². The highest BCUT2D eigenvalue weighted by Gasteiger charge is 2.30. The van der Waals surface area contributed by atoms with Crippen molar-refractivity contribution >= 4 is 16.5 Å². The Balaban J connectivity index is 1.30. The molecule has 0 bridgehead atoms. The summed E-state index contributed by atoms with van der Waals surface area (Å²) >= 11 is 0. The summed E-state index contributed by atoms with van der Waals surface area (Å²) in [7, 11) is 0. The van der Waals surface area contributed by atoms with E-state index in [1.54, 1.807) is 0 Å². The average molecular weight is 450 g/mol. The van der Waals surface area contributed by atoms with Crippen LogP contribution in [0.3, 0.4) is 0 Å². The van der Waals surface area contributed by atoms with Crippen LogP contribution in [0.15, 0.2) is 79.4 Å². The third kappa shape index (κ3) is 4.51. The van der Waals surface area contributed by atoms with Gasteiger partial charge in [0.25, 0.3) is 0 Å². The topological polar surface area (TPSA) is 21.3 Å². The molecule has 3 fully saturated rings. The molecule has 3 saturated carbocycles. The van der Waals surface area contributed by atoms with Crippen molar-refractivity contribution in [3.8, 4) is 5.75 Å². The molecule has 0 aliphatic heterocycles. The van der Waals surface area contributed by atoms with Gasteiger partial charge < -0.3 is 10.1 Å². The van der Waals surface area contributed by atoms with Gasteiger partial charge in [0.1, 0.15) is 5.75 Å². The Morgan fingerprint density at radius 1 is 0.971 bits per heavy atom. The first-order chi connectivity index (χ1) is 16.7. The second-order valence-corrected chi connectivity index (χ2v) is 10.6. The molecule has 0 heterocycles. The summed E-state index contributed by atoms with van der Waals surface area (Å²) in [6, 6.07) is 22.4. The second-order valence-electron chi connectivity index (χ2n) is 10.6. The largest absolute Gasteiger partial charge is 0.493 e. The fourth-order valence-corrected chi connectivity index (χ4v) is 5.53. The molecule has 0 saturated heterocycles. The van der Waals surface area contributed by atoms with Gasteiger partial charge in [0.2, 0.25) is 0 Å². The zero-order valence-electron chi connectivity index (χ0n) is 20.1. The third-order valence-corrected chi connectivity index (χ3v) is 7.95. The van der Waals surface area contributed by atoms with Gasteiger partial charge in [-0.05, 0) is 96.9 Å². The summed E-state index contributed by atoms with van der Waals surface area (Å²) in [5.74, 6) is 2.87. The minimum Gasteiger partial charge on any atom is -0.493 e. The van der Waals surface area contributed by atoms with Crippen LogP contribution in [0.1, 0.15) is 73.6 Å². The van der Waals surface area contributed by atoms with Crippen molar-refractivity contribution in [3.63, 3.8) is 0 Å². The van der Waals surface area contributed by atoms with Crippen molar-refractivity contribution in [2.45, 2.75) is 56.9 Å². The Morgan fingerprint density at radius 3 is 2.47 bits per heavy atom. The zero-order chi connectivity index (χ0) is 23.1. The Kier molecular flexibility index (Phi) is 5.69. The predicted octanol–water partition coefficient (Wildman–Crippen LogP) is 8.16. The van der Waals surface area contributed by atoms with Crippen LogP contribution in [0.2, 0.25) is 0 Å². The van der Waals surface area contributed by atoms with Gasteiger partial charge in [-0.3, -0.25) is 0 Å². The number of hydrogen-bond donors (Lipinski definition) is 1. The molecule has 3 aliphatic carbocycles. The van der Waals surface area contributed by atoms with Crippen molar-refractivity contribution in [3.05, 3.63) is 96.1 Å². The van der Waals surface area contributed by atoms with Crippen LogP contribution in [0, 0.1) is 11.8 Å². The van der Waals surface area contributed by atoms with Gasteiger partial charge in [-0.2, -0.15) is 0 Å². The summed E-state index contributed by atoms with van der Waals surface area (Å²) in [5, 5.41) is 6.47. The lowest BCUT2D eigenvalue weighted by molar-refractivity contribution is 0.299. The van der Waals surface area contributed by atoms with Crippen molar-refractivity contribution < 1.29 is 4.74 Å². The maximum atomic E-state index is 6.00. The van der Waals surface area contributed by atoms with Crippen LogP contribution in [0.25, 0.3) is 16.5 Å². The third-order valence-electron chi connectivity index (χ3n) is 7.95. The van der Waals surface area contributed by atoms with E-state index < -0.39 is 0 Å². The minimum absolute atomic E-state index is 0.170. The Bertz CT molecular complexity index is 1220. The van der Waals surface area contributed by atoms with Crippen LogP contribution in [-0.2, 0) is 0 Å². The highest BCUT2D eigenvalue weighted by atomic mass is 16.5. The van der Waals surface area contributed by atoms with Gasteiger partial charge in [0.05, 0.1) is 12.6 Å². The molecule has 3 aromatic carbocycles. The molecule has 2 nitrogen and oxygen atoms in total. The lowest BCUT2D eigenvalue weighted by Gasteiger charge is -2.29. The van der Waals surface area contributed by atoms with E-state index in [2.05, 4.69) is 79.1 Å². The number of fused-ring (bicyclic) bond motifs is 1. The summed E-state index contributed by atoms with van der Waals surface area (Å²) in [6.07, 6.45) is 8.75. The SMILES string of the molecule is C=C(NC(c1ccc(OCC2CC2)cc1)C1CCCC1=C)c1cc(C2CC2)cc2ccccc12. The van der Waals surface area contributed by atoms with Gasteiger partial charge in [-0.15, -0.1) is 0 Å². The molecule has 3 aliphatic rings. The fourth-order valence-electron chi connectivity index (χ4n) is 5.53. The van der Waals surface area contributed by atoms with E-state index in [9.17, 15) is 0 Å². The zero-order valence-corrected chi connectivity index (χ0v) is 20.1. The fraction of sp³-hybridized carbons (Fsp3) is 0.375. The van der Waals surface area contributed by atoms with Crippen LogP contribution < -0.4 is 10.1 Å². The molecule has 0 radical (unpaired) electrons. The Morgan fingerprint density at radius 2 is 1.76 bits per heavy atom. The van der Waals surface area contributed by atoms with Crippen LogP contribution >= 0.6 is 0 Å². The summed E-state index contributed by atoms with van der Waals surface area (Å²) < 4.78 is 6.00. The van der Waals surface area contributed by atoms with Gasteiger partial charge >= 0.3 is 0 Å². The standard InChI is InChI=1S/C32H35NO/c1-21-6-5-9-29(21)32(25-14-16-28(17-15-25)34-20-23-10-11-23)33-22(2)31-19-27(24-12-13-24)18-26-7-3-4-8-30(26)31/h3-4,7-8,14-19,23-24,29,32-33H,1-2,5-6,9-13,20H2. The highest BCUT2D eigenvalue weighted by molar-refractivity contribution is 5.94. The second kappa shape index (κ2) is 8.98. The van der Waals surface area contributed by atoms with Crippen molar-refractivity contribution in [2.24, 2.45) is 11.8 Å². The van der Waals surface area contributed by atoms with E-state index in [-0.39, 0.29) is 6.04 Å². The lowest BCUT2D eigenvalue weighted by atomic mass is 9.88. The molecule has 0 amide bonds. The average Bonchev–Trinajstić information content (AvgIpc) is 3.79. The van der Waals surface area contributed by atoms with Crippen molar-refractivity contribution in [1.82, 2.24) is 5.32 Å². The molecule has 174 valence electrons. The minimum atomic E-state index is 0.170. The molecule has 0 spiro atoms. The van der Waals surface area contributed by atoms with Crippen molar-refractivity contribution in [2.75, 3.05) is 6.61 Å². The van der Waals surface area contributed by atoms with Crippen LogP contribution in [0.5, 0.6) is 5.75 Å². The van der Waals surface area contributed by atoms with Crippen LogP contribution in [-0.4, -0.2) is 6.61 Å². The Hall–Kier alpha value is -3.00. The molecule has 0 aromatic heterocycles. The van der Waals surface area contributed by atoms with E-state index in [0.29, 0.717) is 11.8 Å². The quantitative estimate of drug-likeness (QED) is 0.333. The molecule has 2 heteroatoms. The van der Waals surface area contributed by atoms with Gasteiger partial charge in [-0.25, -0.2) is 0 Å². The normalized spacial score (nSPS) is 20.9. The number of nitrogens with one attached hydrogen (secondary N) is 1. The first kappa shape index (κ1) is 21.5. The summed E-state index contributed by atoms with van der Waals surface area (Å²) in [5.41, 5.74) is 6.35. The number of ether oxygens (including phenoxy) is 1. The van der Waals surface area contributed by atoms with E-state index >= 15 is 0 Å². The van der Waals surface area contributed by atoms with Crippen molar-refractivity contribution in [1.29, 1.82) is 0 Å². The van der Waals surface area contributed by atoms with E-state index in [1.807, 2.05) is 0 Å². The molecule has 2 unspecified atom stereocenters. The molecule has 6 rings (SSSR count). The summed E-state index contributed by atoms with van der Waals surface area (Å²) in [4.78, 5) is 0. The molecular formula is C32H35NO. The molecule has 3 aromatic rings. The van der Waals surface area contributed by atoms with E-state index in [4.69, 9.17) is 4.74 Å². The van der Waals surface area contributed by atoms with Gasteiger partial charge in [-0.1, -0.05) is 61.2 Å². The molecule has 1 N–H and O–H groups in total. The summed E-state index contributed by atoms with van der Waals surface area (Å²) in [6.45, 7) is 9.85. The Labute approximate surface area is 203 Å². The first-order valence-corrected chi connectivity index (χ1v) is 13.0. The van der Waals surface area contributed by atoms with Gasteiger partial charge in [0.15, 0.2) is 0 Å². The highest BCUT2D eigenvalue weighted by Crippen LogP contribution is 2.44. The first-order valence-electron chi connectivity index (χ1n) is 13.0. The van der Waals surface area contributed by atoms with E-state index in [0.717, 1.165) is 30.4 Å². The predicted molar refractivity (Wildman–Crippen MR) is 142 cm³/mol. The molecular weight excluding hydrogens is 414 g/mol.